The normalized spacial score (nSPS) is 14.2. The first-order valence-electron chi connectivity index (χ1n) is 8.28. The minimum absolute atomic E-state index is 0.145. The van der Waals surface area contributed by atoms with Gasteiger partial charge in [-0.3, -0.25) is 9.10 Å². The highest BCUT2D eigenvalue weighted by molar-refractivity contribution is 7.93. The average Bonchev–Trinajstić information content (AvgIpc) is 2.68. The molecule has 0 bridgehead atoms. The number of hydrogen-bond donors (Lipinski definition) is 1. The van der Waals surface area contributed by atoms with Crippen LogP contribution in [0.3, 0.4) is 0 Å². The fourth-order valence-electron chi connectivity index (χ4n) is 3.14. The molecule has 3 aromatic rings. The van der Waals surface area contributed by atoms with Crippen molar-refractivity contribution in [2.45, 2.75) is 4.90 Å². The molecule has 0 atom stereocenters. The molecule has 5 nitrogen and oxygen atoms in total. The molecule has 0 saturated heterocycles. The van der Waals surface area contributed by atoms with Crippen LogP contribution in [0.15, 0.2) is 65.6 Å². The number of benzene rings is 3. The van der Waals surface area contributed by atoms with Gasteiger partial charge in [-0.05, 0) is 36.4 Å². The van der Waals surface area contributed by atoms with E-state index in [1.807, 2.05) is 0 Å². The molecular weight excluding hydrogens is 386 g/mol. The summed E-state index contributed by atoms with van der Waals surface area (Å²) in [7, 11) is -2.24. The highest BCUT2D eigenvalue weighted by Gasteiger charge is 2.32. The van der Waals surface area contributed by atoms with Crippen LogP contribution in [-0.4, -0.2) is 21.4 Å². The maximum absolute atomic E-state index is 13.8. The Kier molecular flexibility index (Phi) is 4.15. The van der Waals surface area contributed by atoms with Crippen LogP contribution in [0.1, 0.15) is 10.4 Å². The van der Waals surface area contributed by atoms with Crippen LogP contribution in [0.2, 0.25) is 0 Å². The summed E-state index contributed by atoms with van der Waals surface area (Å²) in [6.07, 6.45) is 0. The monoisotopic (exact) mass is 400 g/mol. The number of nitrogens with one attached hydrogen (secondary N) is 1. The molecule has 0 saturated carbocycles. The molecule has 0 aromatic heterocycles. The third-order valence-corrected chi connectivity index (χ3v) is 6.42. The summed E-state index contributed by atoms with van der Waals surface area (Å²) >= 11 is 0. The summed E-state index contributed by atoms with van der Waals surface area (Å²) < 4.78 is 53.3. The molecule has 1 aliphatic rings. The molecule has 0 fully saturated rings. The van der Waals surface area contributed by atoms with E-state index in [2.05, 4.69) is 5.32 Å². The quantitative estimate of drug-likeness (QED) is 0.707. The standard InChI is InChI=1S/C20H14F2N2O3S/c1-24-18-9-6-12(20(25)23-17-8-7-13(21)11-16(17)22)10-15(18)14-4-2-3-5-19(14)28(24,26)27/h2-11H,1H3,(H,23,25). The lowest BCUT2D eigenvalue weighted by Gasteiger charge is -2.29. The molecule has 142 valence electrons. The molecule has 8 heteroatoms. The summed E-state index contributed by atoms with van der Waals surface area (Å²) in [5, 5.41) is 2.40. The van der Waals surface area contributed by atoms with Crippen molar-refractivity contribution >= 4 is 27.3 Å². The molecule has 1 aliphatic heterocycles. The Balaban J connectivity index is 1.77. The van der Waals surface area contributed by atoms with Gasteiger partial charge in [-0.2, -0.15) is 0 Å². The Bertz CT molecular complexity index is 1230. The summed E-state index contributed by atoms with van der Waals surface area (Å²) in [6, 6.07) is 13.9. The fraction of sp³-hybridized carbons (Fsp3) is 0.0500. The van der Waals surface area contributed by atoms with Crippen molar-refractivity contribution in [1.82, 2.24) is 0 Å². The lowest BCUT2D eigenvalue weighted by molar-refractivity contribution is 0.102. The third kappa shape index (κ3) is 2.82. The number of anilines is 2. The number of hydrogen-bond acceptors (Lipinski definition) is 3. The highest BCUT2D eigenvalue weighted by atomic mass is 32.2. The number of sulfonamides is 1. The highest BCUT2D eigenvalue weighted by Crippen LogP contribution is 2.42. The molecular formula is C20H14F2N2O3S. The van der Waals surface area contributed by atoms with Crippen LogP contribution < -0.4 is 9.62 Å². The van der Waals surface area contributed by atoms with E-state index in [0.29, 0.717) is 22.9 Å². The largest absolute Gasteiger partial charge is 0.319 e. The van der Waals surface area contributed by atoms with Crippen molar-refractivity contribution in [1.29, 1.82) is 0 Å². The minimum Gasteiger partial charge on any atom is -0.319 e. The van der Waals surface area contributed by atoms with Crippen LogP contribution in [0, 0.1) is 11.6 Å². The van der Waals surface area contributed by atoms with Crippen molar-refractivity contribution in [2.24, 2.45) is 0 Å². The van der Waals surface area contributed by atoms with E-state index < -0.39 is 27.6 Å². The van der Waals surface area contributed by atoms with Crippen molar-refractivity contribution in [3.05, 3.63) is 77.9 Å². The number of amides is 1. The zero-order chi connectivity index (χ0) is 20.1. The number of nitrogens with zero attached hydrogens (tertiary/aromatic N) is 1. The van der Waals surface area contributed by atoms with Gasteiger partial charge < -0.3 is 5.32 Å². The Labute approximate surface area is 160 Å². The van der Waals surface area contributed by atoms with Crippen LogP contribution >= 0.6 is 0 Å². The topological polar surface area (TPSA) is 66.5 Å². The summed E-state index contributed by atoms with van der Waals surface area (Å²) in [6.45, 7) is 0. The van der Waals surface area contributed by atoms with Gasteiger partial charge in [0.15, 0.2) is 0 Å². The molecule has 1 heterocycles. The van der Waals surface area contributed by atoms with Crippen LogP contribution in [0.5, 0.6) is 0 Å². The van der Waals surface area contributed by atoms with Gasteiger partial charge >= 0.3 is 0 Å². The van der Waals surface area contributed by atoms with Gasteiger partial charge in [0.25, 0.3) is 15.9 Å². The van der Waals surface area contributed by atoms with E-state index in [1.54, 1.807) is 24.3 Å². The van der Waals surface area contributed by atoms with E-state index in [4.69, 9.17) is 0 Å². The Hall–Kier alpha value is -3.26. The van der Waals surface area contributed by atoms with E-state index >= 15 is 0 Å². The molecule has 1 N–H and O–H groups in total. The van der Waals surface area contributed by atoms with E-state index in [1.165, 1.54) is 25.2 Å². The van der Waals surface area contributed by atoms with Gasteiger partial charge in [0, 0.05) is 29.8 Å². The van der Waals surface area contributed by atoms with E-state index in [9.17, 15) is 22.0 Å². The van der Waals surface area contributed by atoms with E-state index in [-0.39, 0.29) is 16.1 Å². The molecule has 0 spiro atoms. The van der Waals surface area contributed by atoms with Gasteiger partial charge in [0.05, 0.1) is 16.3 Å². The molecule has 0 radical (unpaired) electrons. The third-order valence-electron chi connectivity index (χ3n) is 4.59. The first-order chi connectivity index (χ1) is 13.3. The lowest BCUT2D eigenvalue weighted by atomic mass is 10.00. The fourth-order valence-corrected chi connectivity index (χ4v) is 4.56. The van der Waals surface area contributed by atoms with Crippen molar-refractivity contribution < 1.29 is 22.0 Å². The zero-order valence-corrected chi connectivity index (χ0v) is 15.4. The van der Waals surface area contributed by atoms with Gasteiger partial charge in [0.1, 0.15) is 11.6 Å². The predicted octanol–water partition coefficient (Wildman–Crippen LogP) is 4.02. The van der Waals surface area contributed by atoms with Crippen molar-refractivity contribution in [3.63, 3.8) is 0 Å². The molecule has 1 amide bonds. The average molecular weight is 400 g/mol. The summed E-state index contributed by atoms with van der Waals surface area (Å²) in [4.78, 5) is 12.7. The lowest BCUT2D eigenvalue weighted by Crippen LogP contribution is -2.30. The molecule has 0 unspecified atom stereocenters. The number of carbonyl (C=O) groups is 1. The molecule has 4 rings (SSSR count). The predicted molar refractivity (Wildman–Crippen MR) is 102 cm³/mol. The van der Waals surface area contributed by atoms with Crippen molar-refractivity contribution in [2.75, 3.05) is 16.7 Å². The Morgan fingerprint density at radius 2 is 1.71 bits per heavy atom. The Morgan fingerprint density at radius 3 is 2.46 bits per heavy atom. The number of halogens is 2. The zero-order valence-electron chi connectivity index (χ0n) is 14.6. The number of fused-ring (bicyclic) bond motifs is 3. The second-order valence-electron chi connectivity index (χ2n) is 6.28. The van der Waals surface area contributed by atoms with Gasteiger partial charge in [-0.15, -0.1) is 0 Å². The van der Waals surface area contributed by atoms with Crippen LogP contribution in [-0.2, 0) is 10.0 Å². The summed E-state index contributed by atoms with van der Waals surface area (Å²) in [5.74, 6) is -2.23. The molecule has 0 aliphatic carbocycles. The number of carbonyl (C=O) groups excluding carboxylic acids is 1. The smallest absolute Gasteiger partial charge is 0.264 e. The first kappa shape index (κ1) is 18.1. The van der Waals surface area contributed by atoms with Gasteiger partial charge in [-0.25, -0.2) is 17.2 Å². The van der Waals surface area contributed by atoms with E-state index in [0.717, 1.165) is 16.4 Å². The van der Waals surface area contributed by atoms with Crippen molar-refractivity contribution in [3.8, 4) is 11.1 Å². The maximum atomic E-state index is 13.8. The summed E-state index contributed by atoms with van der Waals surface area (Å²) in [5.41, 5.74) is 1.55. The maximum Gasteiger partial charge on any atom is 0.264 e. The Morgan fingerprint density at radius 1 is 0.964 bits per heavy atom. The second-order valence-corrected chi connectivity index (χ2v) is 8.22. The number of rotatable bonds is 2. The SMILES string of the molecule is CN1c2ccc(C(=O)Nc3ccc(F)cc3F)cc2-c2ccccc2S1(=O)=O. The molecule has 28 heavy (non-hydrogen) atoms. The second kappa shape index (κ2) is 6.42. The molecule has 3 aromatic carbocycles. The minimum atomic E-state index is -3.68. The van der Waals surface area contributed by atoms with Crippen LogP contribution in [0.4, 0.5) is 20.2 Å². The first-order valence-corrected chi connectivity index (χ1v) is 9.72. The van der Waals surface area contributed by atoms with Gasteiger partial charge in [-0.1, -0.05) is 18.2 Å². The van der Waals surface area contributed by atoms with Crippen LogP contribution in [0.25, 0.3) is 11.1 Å². The van der Waals surface area contributed by atoms with Gasteiger partial charge in [0.2, 0.25) is 0 Å².